The molecule has 372 valence electrons. The maximum atomic E-state index is 4.33. The fourth-order valence-corrected chi connectivity index (χ4v) is 13.8. The van der Waals surface area contributed by atoms with E-state index in [9.17, 15) is 0 Å². The van der Waals surface area contributed by atoms with Crippen molar-refractivity contribution in [2.24, 2.45) is 5.92 Å². The van der Waals surface area contributed by atoms with Crippen molar-refractivity contribution >= 4 is 97.9 Å². The van der Waals surface area contributed by atoms with Crippen molar-refractivity contribution in [3.63, 3.8) is 0 Å². The number of thiophene rings is 1. The quantitative estimate of drug-likeness (QED) is 0.163. The predicted molar refractivity (Wildman–Crippen MR) is 335 cm³/mol. The van der Waals surface area contributed by atoms with Crippen molar-refractivity contribution < 1.29 is 0 Å². The lowest BCUT2D eigenvalue weighted by molar-refractivity contribution is 0.622. The summed E-state index contributed by atoms with van der Waals surface area (Å²) in [7, 11) is 0. The fourth-order valence-electron chi connectivity index (χ4n) is 12.7. The van der Waals surface area contributed by atoms with E-state index < -0.39 is 0 Å². The zero-order valence-corrected chi connectivity index (χ0v) is 44.1. The Morgan fingerprint density at radius 3 is 1.83 bits per heavy atom. The third-order valence-corrected chi connectivity index (χ3v) is 17.4. The lowest BCUT2D eigenvalue weighted by Crippen LogP contribution is -2.27. The summed E-state index contributed by atoms with van der Waals surface area (Å²) in [4.78, 5) is 7.71. The number of aromatic nitrogens is 2. The van der Waals surface area contributed by atoms with Crippen LogP contribution in [0.25, 0.3) is 97.7 Å². The Morgan fingerprint density at radius 2 is 1.04 bits per heavy atom. The number of aryl methyl sites for hydroxylation is 1. The molecule has 2 atom stereocenters. The van der Waals surface area contributed by atoms with Crippen LogP contribution in [0.3, 0.4) is 0 Å². The van der Waals surface area contributed by atoms with Crippen LogP contribution in [0.1, 0.15) is 46.6 Å². The molecule has 18 rings (SSSR count). The Kier molecular flexibility index (Phi) is 12.6. The molecule has 0 bridgehead atoms. The zero-order valence-electron chi connectivity index (χ0n) is 43.3. The molecule has 0 saturated carbocycles. The molecular formula is C75H56N2S. The summed E-state index contributed by atoms with van der Waals surface area (Å²) in [6.45, 7) is 0. The Hall–Kier alpha value is -9.15. The Bertz CT molecular complexity index is 4320. The number of H-pyrrole nitrogens is 1. The highest BCUT2D eigenvalue weighted by molar-refractivity contribution is 7.25. The van der Waals surface area contributed by atoms with Gasteiger partial charge in [0, 0.05) is 65.4 Å². The summed E-state index contributed by atoms with van der Waals surface area (Å²) in [6.07, 6.45) is 23.2. The van der Waals surface area contributed by atoms with Crippen LogP contribution in [0.15, 0.2) is 278 Å². The SMILES string of the molecule is C1=CC2=Cc3ccc4cccc5c4c3C3C(=C5)C=CC(=C1)C23.c1ccc(-c2cccc3c2CCCC3)cc1.c1ccc2c(c1)[nH]c1ccccc12.c1ccc2c(c1)ccc1ncccc12.c1ccc2c(c1)sc1ccccc12. The van der Waals surface area contributed by atoms with Crippen molar-refractivity contribution in [1.29, 1.82) is 0 Å². The first kappa shape index (κ1) is 47.3. The number of nitrogens with one attached hydrogen (secondary N) is 1. The van der Waals surface area contributed by atoms with Gasteiger partial charge in [0.2, 0.25) is 0 Å². The second kappa shape index (κ2) is 20.8. The molecule has 10 aromatic carbocycles. The molecule has 2 unspecified atom stereocenters. The second-order valence-electron chi connectivity index (χ2n) is 20.8. The smallest absolute Gasteiger partial charge is 0.0708 e. The molecule has 5 aliphatic rings. The predicted octanol–water partition coefficient (Wildman–Crippen LogP) is 20.4. The van der Waals surface area contributed by atoms with E-state index >= 15 is 0 Å². The van der Waals surface area contributed by atoms with Crippen LogP contribution in [-0.4, -0.2) is 9.97 Å². The van der Waals surface area contributed by atoms with Crippen molar-refractivity contribution in [2.75, 3.05) is 0 Å². The minimum absolute atomic E-state index is 0.495. The minimum Gasteiger partial charge on any atom is -0.355 e. The first-order valence-corrected chi connectivity index (χ1v) is 28.3. The first-order valence-electron chi connectivity index (χ1n) is 27.5. The fraction of sp³-hybridized carbons (Fsp3) is 0.0800. The van der Waals surface area contributed by atoms with Gasteiger partial charge in [0.15, 0.2) is 0 Å². The van der Waals surface area contributed by atoms with Gasteiger partial charge in [-0.15, -0.1) is 11.3 Å². The number of allylic oxidation sites excluding steroid dienone is 8. The monoisotopic (exact) mass is 1020 g/mol. The number of rotatable bonds is 1. The van der Waals surface area contributed by atoms with E-state index in [1.54, 1.807) is 16.7 Å². The number of benzene rings is 10. The third kappa shape index (κ3) is 8.86. The van der Waals surface area contributed by atoms with Gasteiger partial charge in [0.25, 0.3) is 0 Å². The normalized spacial score (nSPS) is 15.9. The van der Waals surface area contributed by atoms with Crippen LogP contribution in [-0.2, 0) is 12.8 Å². The first-order chi connectivity index (χ1) is 38.7. The molecule has 3 aromatic heterocycles. The van der Waals surface area contributed by atoms with E-state index in [0.29, 0.717) is 11.8 Å². The standard InChI is InChI=1S/C22H14.C16H16.C13H9N.C12H9N.C12H8S/c1-3-13-7-9-18-12-16-6-2-4-14-8-10-17-11-15(5-1)19(13)21(18)22(17)20(14)16;1-2-7-13(8-3-1)16-12-6-10-14-9-4-5-11-15(14)16;1-2-5-11-10(4-1)7-8-13-12(11)6-3-9-14-13;2*1-3-7-11-9(5-1)10-6-2-4-8-12(10)13-11/h1-12,19,21H;1-3,6-8,10,12H,4-5,9,11H2;1-9H;1-8,13H;1-8H. The van der Waals surface area contributed by atoms with E-state index in [1.165, 1.54) is 134 Å². The Labute approximate surface area is 459 Å². The summed E-state index contributed by atoms with van der Waals surface area (Å²) in [5, 5.41) is 12.0. The number of hydrogen-bond acceptors (Lipinski definition) is 2. The van der Waals surface area contributed by atoms with E-state index in [0.717, 1.165) is 5.52 Å². The van der Waals surface area contributed by atoms with Gasteiger partial charge in [0.05, 0.1) is 5.52 Å². The van der Waals surface area contributed by atoms with Gasteiger partial charge in [0.1, 0.15) is 0 Å². The highest BCUT2D eigenvalue weighted by atomic mass is 32.1. The van der Waals surface area contributed by atoms with Crippen molar-refractivity contribution in [2.45, 2.75) is 31.6 Å². The number of nitrogens with zero attached hydrogens (tertiary/aromatic N) is 1. The molecular weight excluding hydrogens is 961 g/mol. The molecule has 0 spiro atoms. The van der Waals surface area contributed by atoms with Gasteiger partial charge in [-0.1, -0.05) is 231 Å². The maximum absolute atomic E-state index is 4.33. The summed E-state index contributed by atoms with van der Waals surface area (Å²) in [5.74, 6) is 1.00. The maximum Gasteiger partial charge on any atom is 0.0708 e. The van der Waals surface area contributed by atoms with Gasteiger partial charge in [-0.25, -0.2) is 0 Å². The summed E-state index contributed by atoms with van der Waals surface area (Å²) >= 11 is 1.86. The van der Waals surface area contributed by atoms with Gasteiger partial charge in [-0.2, -0.15) is 0 Å². The van der Waals surface area contributed by atoms with Crippen LogP contribution in [0.5, 0.6) is 0 Å². The van der Waals surface area contributed by atoms with Gasteiger partial charge >= 0.3 is 0 Å². The molecule has 0 aliphatic heterocycles. The molecule has 1 N–H and O–H groups in total. The van der Waals surface area contributed by atoms with Crippen molar-refractivity contribution in [1.82, 2.24) is 9.97 Å². The van der Waals surface area contributed by atoms with Gasteiger partial charge < -0.3 is 4.98 Å². The van der Waals surface area contributed by atoms with Crippen LogP contribution in [0, 0.1) is 5.92 Å². The van der Waals surface area contributed by atoms with Crippen LogP contribution in [0.2, 0.25) is 0 Å². The topological polar surface area (TPSA) is 28.7 Å². The van der Waals surface area contributed by atoms with E-state index in [-0.39, 0.29) is 0 Å². The summed E-state index contributed by atoms with van der Waals surface area (Å²) in [6, 6.07) is 79.3. The van der Waals surface area contributed by atoms with Crippen molar-refractivity contribution in [3.8, 4) is 11.1 Å². The van der Waals surface area contributed by atoms with E-state index in [2.05, 4.69) is 271 Å². The zero-order chi connectivity index (χ0) is 51.8. The molecule has 78 heavy (non-hydrogen) atoms. The van der Waals surface area contributed by atoms with Crippen LogP contribution in [0.4, 0.5) is 0 Å². The number of aromatic amines is 1. The molecule has 2 nitrogen and oxygen atoms in total. The summed E-state index contributed by atoms with van der Waals surface area (Å²) in [5.41, 5.74) is 18.1. The largest absolute Gasteiger partial charge is 0.355 e. The highest BCUT2D eigenvalue weighted by Gasteiger charge is 2.40. The lowest BCUT2D eigenvalue weighted by Gasteiger charge is -2.41. The molecule has 3 heterocycles. The van der Waals surface area contributed by atoms with E-state index in [1.807, 2.05) is 23.6 Å². The molecule has 5 aliphatic carbocycles. The van der Waals surface area contributed by atoms with Crippen LogP contribution >= 0.6 is 11.3 Å². The lowest BCUT2D eigenvalue weighted by atomic mass is 9.62. The molecule has 3 heteroatoms. The Morgan fingerprint density at radius 1 is 0.423 bits per heavy atom. The molecule has 0 amide bonds. The average Bonchev–Trinajstić information content (AvgIpc) is 4.11. The average molecular weight is 1020 g/mol. The van der Waals surface area contributed by atoms with E-state index in [4.69, 9.17) is 0 Å². The second-order valence-corrected chi connectivity index (χ2v) is 21.9. The van der Waals surface area contributed by atoms with Gasteiger partial charge in [-0.3, -0.25) is 4.98 Å². The number of para-hydroxylation sites is 2. The van der Waals surface area contributed by atoms with Crippen LogP contribution < -0.4 is 0 Å². The molecule has 0 saturated heterocycles. The third-order valence-electron chi connectivity index (χ3n) is 16.3. The minimum atomic E-state index is 0.495. The van der Waals surface area contributed by atoms with Crippen molar-refractivity contribution in [3.05, 3.63) is 306 Å². The Balaban J connectivity index is 0.0000000900. The number of fused-ring (bicyclic) bond motifs is 10. The summed E-state index contributed by atoms with van der Waals surface area (Å²) < 4.78 is 2.76. The molecule has 0 fully saturated rings. The number of pyridine rings is 1. The number of hydrogen-bond donors (Lipinski definition) is 1. The molecule has 0 radical (unpaired) electrons. The highest BCUT2D eigenvalue weighted by Crippen LogP contribution is 2.55. The molecule has 13 aromatic rings. The van der Waals surface area contributed by atoms with Gasteiger partial charge in [-0.05, 0) is 139 Å².